The number of rotatable bonds is 3. The number of allylic oxidation sites excluding steroid dienone is 1. The largest absolute Gasteiger partial charge is 0.141 e. The molecular formula is C6H11BS. The van der Waals surface area contributed by atoms with Gasteiger partial charge in [-0.05, 0) is 16.5 Å². The maximum atomic E-state index is 5.27. The Hall–Kier alpha value is 0.155. The molecular weight excluding hydrogens is 115 g/mol. The molecule has 8 heavy (non-hydrogen) atoms. The summed E-state index contributed by atoms with van der Waals surface area (Å²) >= 11 is 1.62. The molecule has 0 spiro atoms. The molecule has 0 N–H and O–H groups in total. The van der Waals surface area contributed by atoms with Crippen LogP contribution >= 0.6 is 11.8 Å². The van der Waals surface area contributed by atoms with Crippen LogP contribution in [0.4, 0.5) is 0 Å². The normalized spacial score (nSPS) is 9.88. The zero-order chi connectivity index (χ0) is 6.57. The Morgan fingerprint density at radius 3 is 2.38 bits per heavy atom. The summed E-state index contributed by atoms with van der Waals surface area (Å²) in [5, 5.41) is 0. The van der Waals surface area contributed by atoms with Crippen molar-refractivity contribution in [1.29, 1.82) is 0 Å². The Morgan fingerprint density at radius 2 is 2.25 bits per heavy atom. The van der Waals surface area contributed by atoms with Gasteiger partial charge in [0.2, 0.25) is 0 Å². The van der Waals surface area contributed by atoms with Crippen LogP contribution in [-0.2, 0) is 0 Å². The highest BCUT2D eigenvalue weighted by atomic mass is 32.2. The van der Waals surface area contributed by atoms with E-state index in [1.54, 1.807) is 11.8 Å². The fraction of sp³-hybridized carbons (Fsp3) is 0.667. The highest BCUT2D eigenvalue weighted by Crippen LogP contribution is 2.19. The van der Waals surface area contributed by atoms with Gasteiger partial charge >= 0.3 is 0 Å². The van der Waals surface area contributed by atoms with Crippen LogP contribution in [0.25, 0.3) is 0 Å². The molecule has 0 amide bonds. The van der Waals surface area contributed by atoms with Crippen molar-refractivity contribution >= 4 is 19.6 Å². The van der Waals surface area contributed by atoms with Crippen molar-refractivity contribution in [3.05, 3.63) is 11.5 Å². The Balaban J connectivity index is 3.33. The van der Waals surface area contributed by atoms with E-state index in [1.807, 2.05) is 0 Å². The van der Waals surface area contributed by atoms with Crippen LogP contribution in [-0.4, -0.2) is 13.5 Å². The molecule has 0 rings (SSSR count). The molecule has 0 saturated carbocycles. The van der Waals surface area contributed by atoms with Crippen molar-refractivity contribution < 1.29 is 0 Å². The van der Waals surface area contributed by atoms with Gasteiger partial charge in [0.05, 0.1) is 7.85 Å². The topological polar surface area (TPSA) is 0 Å². The first kappa shape index (κ1) is 8.15. The van der Waals surface area contributed by atoms with Gasteiger partial charge in [-0.25, -0.2) is 0 Å². The van der Waals surface area contributed by atoms with E-state index in [-0.39, 0.29) is 0 Å². The van der Waals surface area contributed by atoms with Crippen molar-refractivity contribution in [2.24, 2.45) is 5.92 Å². The SMILES string of the molecule is [B]CSC(=C)C(C)C. The van der Waals surface area contributed by atoms with Gasteiger partial charge in [0.25, 0.3) is 0 Å². The number of hydrogen-bond donors (Lipinski definition) is 0. The van der Waals surface area contributed by atoms with Crippen molar-refractivity contribution in [3.8, 4) is 0 Å². The van der Waals surface area contributed by atoms with Gasteiger partial charge in [0.15, 0.2) is 0 Å². The van der Waals surface area contributed by atoms with E-state index in [0.717, 1.165) is 0 Å². The summed E-state index contributed by atoms with van der Waals surface area (Å²) in [4.78, 5) is 1.17. The van der Waals surface area contributed by atoms with E-state index in [0.29, 0.717) is 11.6 Å². The fourth-order valence-corrected chi connectivity index (χ4v) is 0.821. The second kappa shape index (κ2) is 4.08. The molecule has 2 radical (unpaired) electrons. The first-order valence-corrected chi connectivity index (χ1v) is 3.68. The van der Waals surface area contributed by atoms with Crippen LogP contribution < -0.4 is 0 Å². The molecule has 2 heteroatoms. The molecule has 0 aromatic carbocycles. The molecule has 0 bridgehead atoms. The summed E-state index contributed by atoms with van der Waals surface area (Å²) in [6.07, 6.45) is 0. The van der Waals surface area contributed by atoms with Crippen LogP contribution in [0.1, 0.15) is 13.8 Å². The molecule has 0 atom stereocenters. The molecule has 0 saturated heterocycles. The summed E-state index contributed by atoms with van der Waals surface area (Å²) in [6.45, 7) is 8.06. The molecule has 0 fully saturated rings. The molecule has 0 aromatic rings. The molecule has 44 valence electrons. The van der Waals surface area contributed by atoms with Gasteiger partial charge in [0, 0.05) is 0 Å². The van der Waals surface area contributed by atoms with E-state index in [1.165, 1.54) is 4.91 Å². The molecule has 0 unspecified atom stereocenters. The van der Waals surface area contributed by atoms with Gasteiger partial charge < -0.3 is 0 Å². The van der Waals surface area contributed by atoms with Crippen LogP contribution in [0.5, 0.6) is 0 Å². The Morgan fingerprint density at radius 1 is 1.75 bits per heavy atom. The number of thioether (sulfide) groups is 1. The van der Waals surface area contributed by atoms with E-state index < -0.39 is 0 Å². The Labute approximate surface area is 57.1 Å². The zero-order valence-electron chi connectivity index (χ0n) is 5.48. The molecule has 0 aliphatic rings. The van der Waals surface area contributed by atoms with Crippen LogP contribution in [0.2, 0.25) is 0 Å². The van der Waals surface area contributed by atoms with E-state index >= 15 is 0 Å². The average Bonchev–Trinajstić information content (AvgIpc) is 1.67. The predicted molar refractivity (Wildman–Crippen MR) is 42.2 cm³/mol. The van der Waals surface area contributed by atoms with Gasteiger partial charge in [0.1, 0.15) is 0 Å². The fourth-order valence-electron chi connectivity index (χ4n) is 0.274. The molecule has 0 heterocycles. The smallest absolute Gasteiger partial charge is 0.0804 e. The lowest BCUT2D eigenvalue weighted by atomic mass is 10.2. The lowest BCUT2D eigenvalue weighted by Gasteiger charge is -2.05. The quantitative estimate of drug-likeness (QED) is 0.521. The van der Waals surface area contributed by atoms with E-state index in [9.17, 15) is 0 Å². The molecule has 0 nitrogen and oxygen atoms in total. The molecule has 0 aromatic heterocycles. The first-order chi connectivity index (χ1) is 3.68. The number of hydrogen-bond acceptors (Lipinski definition) is 1. The van der Waals surface area contributed by atoms with Gasteiger partial charge in [-0.1, -0.05) is 20.4 Å². The predicted octanol–water partition coefficient (Wildman–Crippen LogP) is 2.02. The zero-order valence-corrected chi connectivity index (χ0v) is 6.29. The lowest BCUT2D eigenvalue weighted by molar-refractivity contribution is 0.820. The standard InChI is InChI=1S/C6H11BS/c1-5(2)6(3)8-4-7/h5H,3-4H2,1-2H3. The maximum Gasteiger partial charge on any atom is 0.0804 e. The summed E-state index contributed by atoms with van der Waals surface area (Å²) in [6, 6.07) is 0. The van der Waals surface area contributed by atoms with Crippen molar-refractivity contribution in [2.75, 3.05) is 5.65 Å². The van der Waals surface area contributed by atoms with Gasteiger partial charge in [-0.3, -0.25) is 0 Å². The monoisotopic (exact) mass is 126 g/mol. The summed E-state index contributed by atoms with van der Waals surface area (Å²) in [5.74, 6) is 0.559. The second-order valence-electron chi connectivity index (χ2n) is 1.93. The third-order valence-electron chi connectivity index (χ3n) is 0.913. The minimum Gasteiger partial charge on any atom is -0.141 e. The Kier molecular flexibility index (Phi) is 4.15. The maximum absolute atomic E-state index is 5.27. The molecule has 0 aliphatic carbocycles. The van der Waals surface area contributed by atoms with Crippen molar-refractivity contribution in [3.63, 3.8) is 0 Å². The first-order valence-electron chi connectivity index (χ1n) is 2.70. The van der Waals surface area contributed by atoms with Crippen LogP contribution in [0, 0.1) is 5.92 Å². The summed E-state index contributed by atoms with van der Waals surface area (Å²) in [7, 11) is 5.27. The second-order valence-corrected chi connectivity index (χ2v) is 3.08. The third-order valence-corrected chi connectivity index (χ3v) is 1.92. The van der Waals surface area contributed by atoms with Crippen molar-refractivity contribution in [2.45, 2.75) is 13.8 Å². The van der Waals surface area contributed by atoms with E-state index in [4.69, 9.17) is 7.85 Å². The Bertz CT molecular complexity index is 78.6. The highest BCUT2D eigenvalue weighted by molar-refractivity contribution is 8.03. The van der Waals surface area contributed by atoms with E-state index in [2.05, 4.69) is 20.4 Å². The summed E-state index contributed by atoms with van der Waals surface area (Å²) in [5.41, 5.74) is 0.650. The molecule has 0 aliphatic heterocycles. The lowest BCUT2D eigenvalue weighted by Crippen LogP contribution is -1.87. The van der Waals surface area contributed by atoms with Gasteiger partial charge in [-0.2, -0.15) is 0 Å². The summed E-state index contributed by atoms with van der Waals surface area (Å²) < 4.78 is 0. The average molecular weight is 126 g/mol. The third kappa shape index (κ3) is 3.19. The minimum atomic E-state index is 0.559. The van der Waals surface area contributed by atoms with Crippen LogP contribution in [0.3, 0.4) is 0 Å². The van der Waals surface area contributed by atoms with Crippen molar-refractivity contribution in [1.82, 2.24) is 0 Å². The highest BCUT2D eigenvalue weighted by Gasteiger charge is 1.96. The minimum absolute atomic E-state index is 0.559. The van der Waals surface area contributed by atoms with Crippen LogP contribution in [0.15, 0.2) is 11.5 Å². The van der Waals surface area contributed by atoms with Gasteiger partial charge in [-0.15, -0.1) is 11.8 Å².